The Morgan fingerprint density at radius 1 is 1.29 bits per heavy atom. The van der Waals surface area contributed by atoms with Crippen molar-refractivity contribution in [3.05, 3.63) is 45.6 Å². The average Bonchev–Trinajstić information content (AvgIpc) is 2.39. The summed E-state index contributed by atoms with van der Waals surface area (Å²) in [6, 6.07) is 7.22. The van der Waals surface area contributed by atoms with Crippen LogP contribution in [0.4, 0.5) is 0 Å². The van der Waals surface area contributed by atoms with E-state index in [4.69, 9.17) is 20.6 Å². The van der Waals surface area contributed by atoms with E-state index in [1.807, 2.05) is 19.9 Å². The van der Waals surface area contributed by atoms with Gasteiger partial charge in [-0.15, -0.1) is 0 Å². The van der Waals surface area contributed by atoms with Crippen molar-refractivity contribution >= 4 is 21.8 Å². The molecule has 2 aromatic rings. The lowest BCUT2D eigenvalue weighted by Gasteiger charge is -2.14. The van der Waals surface area contributed by atoms with E-state index in [9.17, 15) is 0 Å². The minimum absolute atomic E-state index is 0.0698. The normalized spacial score (nSPS) is 10.3. The number of ether oxygens (including phenoxy) is 2. The third kappa shape index (κ3) is 3.33. The molecule has 0 saturated carbocycles. The highest BCUT2D eigenvalue weighted by Crippen LogP contribution is 2.34. The molecule has 0 aliphatic rings. The highest BCUT2D eigenvalue weighted by Gasteiger charge is 2.15. The van der Waals surface area contributed by atoms with Crippen LogP contribution >= 0.6 is 15.9 Å². The first kappa shape index (κ1) is 15.3. The number of aromatic nitrogens is 1. The predicted octanol–water partition coefficient (Wildman–Crippen LogP) is 3.55. The van der Waals surface area contributed by atoms with Gasteiger partial charge in [-0.05, 0) is 59.6 Å². The summed E-state index contributed by atoms with van der Waals surface area (Å²) in [5, 5.41) is 7.70. The minimum atomic E-state index is -0.0698. The third-order valence-corrected chi connectivity index (χ3v) is 3.55. The number of amidine groups is 1. The molecule has 0 fully saturated rings. The summed E-state index contributed by atoms with van der Waals surface area (Å²) >= 11 is 3.43. The van der Waals surface area contributed by atoms with Crippen LogP contribution in [-0.2, 0) is 0 Å². The van der Waals surface area contributed by atoms with Crippen LogP contribution in [0.2, 0.25) is 0 Å². The standard InChI is InChI=1S/C15H16BrN3O2/c1-8-6-9(2)19-15(13(8)14(17)18)21-12-5-4-10(20-3)7-11(12)16/h4-7H,1-3H3,(H3,17,18). The van der Waals surface area contributed by atoms with Crippen molar-refractivity contribution in [2.45, 2.75) is 13.8 Å². The fraction of sp³-hybridized carbons (Fsp3) is 0.200. The minimum Gasteiger partial charge on any atom is -0.497 e. The topological polar surface area (TPSA) is 81.2 Å². The van der Waals surface area contributed by atoms with Gasteiger partial charge >= 0.3 is 0 Å². The van der Waals surface area contributed by atoms with Crippen molar-refractivity contribution in [1.29, 1.82) is 5.41 Å². The van der Waals surface area contributed by atoms with Crippen molar-refractivity contribution in [1.82, 2.24) is 4.98 Å². The van der Waals surface area contributed by atoms with Gasteiger partial charge in [0.1, 0.15) is 17.3 Å². The molecule has 0 unspecified atom stereocenters. The first-order valence-corrected chi connectivity index (χ1v) is 7.05. The Bertz CT molecular complexity index is 702. The van der Waals surface area contributed by atoms with E-state index < -0.39 is 0 Å². The van der Waals surface area contributed by atoms with E-state index in [2.05, 4.69) is 20.9 Å². The van der Waals surface area contributed by atoms with E-state index in [0.29, 0.717) is 17.2 Å². The van der Waals surface area contributed by atoms with Crippen LogP contribution in [0, 0.1) is 19.3 Å². The lowest BCUT2D eigenvalue weighted by atomic mass is 10.1. The summed E-state index contributed by atoms with van der Waals surface area (Å²) in [4.78, 5) is 4.34. The van der Waals surface area contributed by atoms with Crippen molar-refractivity contribution in [3.63, 3.8) is 0 Å². The number of hydrogen-bond acceptors (Lipinski definition) is 4. The summed E-state index contributed by atoms with van der Waals surface area (Å²) in [7, 11) is 1.60. The van der Waals surface area contributed by atoms with Gasteiger partial charge in [-0.1, -0.05) is 0 Å². The summed E-state index contributed by atoms with van der Waals surface area (Å²) < 4.78 is 11.7. The number of halogens is 1. The number of nitrogens with one attached hydrogen (secondary N) is 1. The van der Waals surface area contributed by atoms with Crippen LogP contribution in [0.3, 0.4) is 0 Å². The van der Waals surface area contributed by atoms with Crippen molar-refractivity contribution in [3.8, 4) is 17.4 Å². The van der Waals surface area contributed by atoms with Gasteiger partial charge in [0.05, 0.1) is 17.1 Å². The average molecular weight is 350 g/mol. The Morgan fingerprint density at radius 3 is 2.57 bits per heavy atom. The highest BCUT2D eigenvalue weighted by atomic mass is 79.9. The fourth-order valence-electron chi connectivity index (χ4n) is 2.00. The van der Waals surface area contributed by atoms with Gasteiger partial charge in [0.2, 0.25) is 5.88 Å². The zero-order valence-electron chi connectivity index (χ0n) is 12.0. The molecule has 0 bridgehead atoms. The predicted molar refractivity (Wildman–Crippen MR) is 85.5 cm³/mol. The lowest BCUT2D eigenvalue weighted by molar-refractivity contribution is 0.411. The molecule has 0 aliphatic carbocycles. The number of benzene rings is 1. The molecule has 110 valence electrons. The summed E-state index contributed by atoms with van der Waals surface area (Å²) in [6.45, 7) is 3.74. The Kier molecular flexibility index (Phi) is 4.47. The molecule has 21 heavy (non-hydrogen) atoms. The molecular weight excluding hydrogens is 334 g/mol. The van der Waals surface area contributed by atoms with Gasteiger partial charge in [0.15, 0.2) is 0 Å². The molecular formula is C15H16BrN3O2. The molecule has 1 aromatic heterocycles. The largest absolute Gasteiger partial charge is 0.497 e. The zero-order chi connectivity index (χ0) is 15.6. The Morgan fingerprint density at radius 2 is 2.00 bits per heavy atom. The molecule has 5 nitrogen and oxygen atoms in total. The van der Waals surface area contributed by atoms with Gasteiger partial charge in [-0.25, -0.2) is 4.98 Å². The van der Waals surface area contributed by atoms with Crippen molar-refractivity contribution in [2.75, 3.05) is 7.11 Å². The first-order valence-electron chi connectivity index (χ1n) is 6.26. The molecule has 6 heteroatoms. The third-order valence-electron chi connectivity index (χ3n) is 2.93. The van der Waals surface area contributed by atoms with Crippen LogP contribution in [0.15, 0.2) is 28.7 Å². The number of nitrogens with zero attached hydrogens (tertiary/aromatic N) is 1. The summed E-state index contributed by atoms with van der Waals surface area (Å²) in [6.07, 6.45) is 0. The van der Waals surface area contributed by atoms with E-state index in [0.717, 1.165) is 21.5 Å². The van der Waals surface area contributed by atoms with Crippen LogP contribution in [-0.4, -0.2) is 17.9 Å². The number of pyridine rings is 1. The molecule has 0 saturated heterocycles. The Hall–Kier alpha value is -2.08. The Labute approximate surface area is 131 Å². The van der Waals surface area contributed by atoms with E-state index in [1.54, 1.807) is 25.3 Å². The molecule has 0 radical (unpaired) electrons. The second-order valence-corrected chi connectivity index (χ2v) is 5.43. The van der Waals surface area contributed by atoms with E-state index in [-0.39, 0.29) is 5.84 Å². The number of nitrogen functional groups attached to an aromatic ring is 1. The molecule has 0 spiro atoms. The van der Waals surface area contributed by atoms with Crippen molar-refractivity contribution in [2.24, 2.45) is 5.73 Å². The van der Waals surface area contributed by atoms with Crippen LogP contribution in [0.5, 0.6) is 17.4 Å². The maximum atomic E-state index is 7.70. The van der Waals surface area contributed by atoms with Gasteiger partial charge in [-0.3, -0.25) is 5.41 Å². The van der Waals surface area contributed by atoms with Crippen LogP contribution in [0.1, 0.15) is 16.8 Å². The number of hydrogen-bond donors (Lipinski definition) is 2. The fourth-order valence-corrected chi connectivity index (χ4v) is 2.44. The van der Waals surface area contributed by atoms with E-state index in [1.165, 1.54) is 0 Å². The molecule has 0 atom stereocenters. The molecule has 0 aliphatic heterocycles. The maximum Gasteiger partial charge on any atom is 0.230 e. The lowest BCUT2D eigenvalue weighted by Crippen LogP contribution is -2.15. The molecule has 3 N–H and O–H groups in total. The number of nitrogens with two attached hydrogens (primary N) is 1. The first-order chi connectivity index (χ1) is 9.92. The van der Waals surface area contributed by atoms with Crippen molar-refractivity contribution < 1.29 is 9.47 Å². The second-order valence-electron chi connectivity index (χ2n) is 4.57. The van der Waals surface area contributed by atoms with E-state index >= 15 is 0 Å². The molecule has 2 rings (SSSR count). The molecule has 1 aromatic carbocycles. The summed E-state index contributed by atoms with van der Waals surface area (Å²) in [5.41, 5.74) is 7.80. The van der Waals surface area contributed by atoms with Crippen LogP contribution in [0.25, 0.3) is 0 Å². The number of methoxy groups -OCH3 is 1. The van der Waals surface area contributed by atoms with Gasteiger partial charge in [-0.2, -0.15) is 0 Å². The maximum absolute atomic E-state index is 7.70. The monoisotopic (exact) mass is 349 g/mol. The Balaban J connectivity index is 2.46. The smallest absolute Gasteiger partial charge is 0.230 e. The number of aryl methyl sites for hydroxylation is 2. The number of rotatable bonds is 4. The molecule has 0 amide bonds. The summed E-state index contributed by atoms with van der Waals surface area (Å²) in [5.74, 6) is 1.55. The van der Waals surface area contributed by atoms with Crippen LogP contribution < -0.4 is 15.2 Å². The SMILES string of the molecule is COc1ccc(Oc2nc(C)cc(C)c2C(=N)N)c(Br)c1. The second kappa shape index (κ2) is 6.13. The quantitative estimate of drug-likeness (QED) is 0.653. The van der Waals surface area contributed by atoms with Gasteiger partial charge in [0, 0.05) is 5.69 Å². The van der Waals surface area contributed by atoms with Gasteiger partial charge < -0.3 is 15.2 Å². The highest BCUT2D eigenvalue weighted by molar-refractivity contribution is 9.10. The molecule has 1 heterocycles. The van der Waals surface area contributed by atoms with Gasteiger partial charge in [0.25, 0.3) is 0 Å². The zero-order valence-corrected chi connectivity index (χ0v) is 13.6.